The van der Waals surface area contributed by atoms with Crippen LogP contribution in [-0.4, -0.2) is 19.6 Å². The first kappa shape index (κ1) is 41.4. The van der Waals surface area contributed by atoms with Crippen LogP contribution < -0.4 is 0 Å². The van der Waals surface area contributed by atoms with Crippen LogP contribution in [0.4, 0.5) is 0 Å². The maximum absolute atomic E-state index is 12.0. The number of nitrogens with zero attached hydrogens (tertiary/aromatic N) is 3. The van der Waals surface area contributed by atoms with E-state index >= 15 is 0 Å². The van der Waals surface area contributed by atoms with Gasteiger partial charge in [0.25, 0.3) is 0 Å². The Kier molecular flexibility index (Phi) is 10.5. The molecule has 0 aliphatic carbocycles. The summed E-state index contributed by atoms with van der Waals surface area (Å²) < 4.78 is 29.2. The first-order valence-corrected chi connectivity index (χ1v) is 23.4. The highest BCUT2D eigenvalue weighted by molar-refractivity contribution is 5.98. The van der Waals surface area contributed by atoms with Crippen molar-refractivity contribution in [1.82, 2.24) is 14.5 Å². The van der Waals surface area contributed by atoms with Crippen molar-refractivity contribution in [1.29, 1.82) is 0 Å². The second-order valence-electron chi connectivity index (χ2n) is 21.3. The summed E-state index contributed by atoms with van der Waals surface area (Å²) in [5.41, 5.74) is 17.1. The van der Waals surface area contributed by atoms with Crippen molar-refractivity contribution < 1.29 is 9.22 Å². The average Bonchev–Trinajstić information content (AvgIpc) is 3.71. The van der Waals surface area contributed by atoms with Crippen LogP contribution in [0.15, 0.2) is 158 Å². The molecule has 0 radical (unpaired) electrons. The van der Waals surface area contributed by atoms with Crippen molar-refractivity contribution in [2.45, 2.75) is 99.3 Å². The van der Waals surface area contributed by atoms with Gasteiger partial charge in [-0.2, -0.15) is 0 Å². The number of benzene rings is 7. The van der Waals surface area contributed by atoms with Gasteiger partial charge in [-0.1, -0.05) is 165 Å². The molecular weight excluding hydrogens is 815 g/mol. The van der Waals surface area contributed by atoms with E-state index in [2.05, 4.69) is 152 Å². The number of aromatic hydroxyl groups is 1. The fourth-order valence-corrected chi connectivity index (χ4v) is 9.19. The summed E-state index contributed by atoms with van der Waals surface area (Å²) in [6.07, 6.45) is 1.89. The first-order chi connectivity index (χ1) is 33.0. The zero-order valence-corrected chi connectivity index (χ0v) is 40.8. The zero-order chi connectivity index (χ0) is 50.1. The van der Waals surface area contributed by atoms with Gasteiger partial charge < -0.3 is 5.11 Å². The van der Waals surface area contributed by atoms with E-state index in [1.54, 1.807) is 0 Å². The minimum Gasteiger partial charge on any atom is -0.507 e. The molecule has 0 saturated heterocycles. The lowest BCUT2D eigenvalue weighted by Crippen LogP contribution is -2.11. The van der Waals surface area contributed by atoms with Crippen LogP contribution >= 0.6 is 0 Å². The van der Waals surface area contributed by atoms with Crippen molar-refractivity contribution >= 4 is 11.0 Å². The molecule has 9 aromatic rings. The number of para-hydroxylation sites is 1. The summed E-state index contributed by atoms with van der Waals surface area (Å²) in [6.45, 7) is 21.3. The summed E-state index contributed by atoms with van der Waals surface area (Å²) >= 11 is 0. The quantitative estimate of drug-likeness (QED) is 0.173. The number of phenols is 1. The number of imidazole rings is 1. The molecule has 9 rings (SSSR count). The van der Waals surface area contributed by atoms with E-state index < -0.39 is 6.85 Å². The SMILES string of the molecule is [2H]C([2H])([2H])c1cc(-n2c(-c3cc(C)cc(C)c3O)nc3c(-c4cc(-c5cc(-c6ccc(C(C)(C)C)cc6)ccn5)cc(C(C)(C)C)c4)cccc32)c(-c2ccccc2)cc1-c1ccc(C(C)(C)C)cc1. The number of fused-ring (bicyclic) bond motifs is 1. The van der Waals surface area contributed by atoms with E-state index in [1.807, 2.05) is 86.8 Å². The van der Waals surface area contributed by atoms with E-state index in [9.17, 15) is 5.11 Å². The minimum absolute atomic E-state index is 0.0550. The van der Waals surface area contributed by atoms with Crippen molar-refractivity contribution in [3.8, 4) is 78.6 Å². The van der Waals surface area contributed by atoms with Gasteiger partial charge in [-0.25, -0.2) is 4.98 Å². The van der Waals surface area contributed by atoms with Crippen LogP contribution in [-0.2, 0) is 16.2 Å². The number of aromatic nitrogens is 3. The van der Waals surface area contributed by atoms with E-state index in [0.717, 1.165) is 78.0 Å². The van der Waals surface area contributed by atoms with Crippen LogP contribution in [0.5, 0.6) is 5.75 Å². The third-order valence-electron chi connectivity index (χ3n) is 13.1. The van der Waals surface area contributed by atoms with Gasteiger partial charge in [0, 0.05) is 27.0 Å². The van der Waals surface area contributed by atoms with Gasteiger partial charge in [0.15, 0.2) is 0 Å². The molecule has 0 aliphatic rings. The van der Waals surface area contributed by atoms with Crippen LogP contribution in [0.2, 0.25) is 0 Å². The molecule has 0 saturated carbocycles. The van der Waals surface area contributed by atoms with Crippen molar-refractivity contribution in [3.63, 3.8) is 0 Å². The van der Waals surface area contributed by atoms with Crippen molar-refractivity contribution in [2.75, 3.05) is 0 Å². The van der Waals surface area contributed by atoms with Crippen molar-refractivity contribution in [3.05, 3.63) is 191 Å². The number of pyridine rings is 1. The summed E-state index contributed by atoms with van der Waals surface area (Å²) in [6, 6.07) is 52.1. The monoisotopic (exact) mass is 881 g/mol. The highest BCUT2D eigenvalue weighted by Gasteiger charge is 2.26. The highest BCUT2D eigenvalue weighted by atomic mass is 16.3. The number of aryl methyl sites for hydroxylation is 3. The standard InChI is InChI=1S/C63H63N3O/c1-39-31-41(3)59(67)54(32-39)60-65-58-51(46-34-47(36-50(35-46)63(10,11)12)55-37-45(29-30-64-55)42-21-25-48(26-22-42)61(4,5)6)19-16-20-56(58)66(60)57-33-40(2)52(38-53(57)43-17-14-13-15-18-43)44-23-27-49(28-24-44)62(7,8)9/h13-38,67H,1-12H3/i2D3. The highest BCUT2D eigenvalue weighted by Crippen LogP contribution is 2.44. The van der Waals surface area contributed by atoms with Gasteiger partial charge in [0.2, 0.25) is 0 Å². The van der Waals surface area contributed by atoms with E-state index in [0.29, 0.717) is 28.2 Å². The molecule has 0 atom stereocenters. The second-order valence-corrected chi connectivity index (χ2v) is 21.3. The Morgan fingerprint density at radius 2 is 1.10 bits per heavy atom. The normalized spacial score (nSPS) is 13.1. The van der Waals surface area contributed by atoms with Crippen molar-refractivity contribution in [2.24, 2.45) is 0 Å². The summed E-state index contributed by atoms with van der Waals surface area (Å²) in [5.74, 6) is 0.620. The largest absolute Gasteiger partial charge is 0.507 e. The summed E-state index contributed by atoms with van der Waals surface area (Å²) in [7, 11) is 0. The lowest BCUT2D eigenvalue weighted by molar-refractivity contribution is 0.472. The van der Waals surface area contributed by atoms with Crippen LogP contribution in [0, 0.1) is 20.7 Å². The van der Waals surface area contributed by atoms with Crippen LogP contribution in [0.1, 0.15) is 99.8 Å². The lowest BCUT2D eigenvalue weighted by Gasteiger charge is -2.22. The molecular formula is C63H63N3O. The summed E-state index contributed by atoms with van der Waals surface area (Å²) in [5, 5.41) is 12.0. The molecule has 67 heavy (non-hydrogen) atoms. The maximum atomic E-state index is 12.0. The molecule has 2 heterocycles. The predicted molar refractivity (Wildman–Crippen MR) is 283 cm³/mol. The smallest absolute Gasteiger partial charge is 0.149 e. The molecule has 0 spiro atoms. The number of rotatable bonds is 7. The third-order valence-corrected chi connectivity index (χ3v) is 13.1. The molecule has 0 fully saturated rings. The Morgan fingerprint density at radius 1 is 0.478 bits per heavy atom. The van der Waals surface area contributed by atoms with E-state index in [4.69, 9.17) is 14.1 Å². The molecule has 4 nitrogen and oxygen atoms in total. The van der Waals surface area contributed by atoms with Crippen LogP contribution in [0.25, 0.3) is 83.9 Å². The molecule has 0 unspecified atom stereocenters. The fourth-order valence-electron chi connectivity index (χ4n) is 9.19. The molecule has 1 N–H and O–H groups in total. The van der Waals surface area contributed by atoms with Gasteiger partial charge >= 0.3 is 0 Å². The zero-order valence-electron chi connectivity index (χ0n) is 43.8. The fraction of sp³-hybridized carbons (Fsp3) is 0.238. The third kappa shape index (κ3) is 8.86. The first-order valence-electron chi connectivity index (χ1n) is 24.9. The van der Waals surface area contributed by atoms with E-state index in [-0.39, 0.29) is 27.6 Å². The van der Waals surface area contributed by atoms with Crippen LogP contribution in [0.3, 0.4) is 0 Å². The van der Waals surface area contributed by atoms with Gasteiger partial charge in [-0.05, 0) is 152 Å². The van der Waals surface area contributed by atoms with Gasteiger partial charge in [0.1, 0.15) is 11.6 Å². The lowest BCUT2D eigenvalue weighted by atomic mass is 9.83. The Balaban J connectivity index is 1.32. The van der Waals surface area contributed by atoms with Gasteiger partial charge in [-0.3, -0.25) is 9.55 Å². The Bertz CT molecular complexity index is 3420. The molecule has 336 valence electrons. The minimum atomic E-state index is -2.48. The maximum Gasteiger partial charge on any atom is 0.149 e. The topological polar surface area (TPSA) is 50.9 Å². The van der Waals surface area contributed by atoms with E-state index in [1.165, 1.54) is 5.56 Å². The second kappa shape index (κ2) is 17.0. The average molecular weight is 881 g/mol. The molecule has 0 aliphatic heterocycles. The molecule has 0 amide bonds. The molecule has 2 aromatic heterocycles. The molecule has 4 heteroatoms. The Hall–Kier alpha value is -7.04. The van der Waals surface area contributed by atoms with Gasteiger partial charge in [0.05, 0.1) is 28.0 Å². The Morgan fingerprint density at radius 3 is 1.75 bits per heavy atom. The number of hydrogen-bond donors (Lipinski definition) is 1. The van der Waals surface area contributed by atoms with Gasteiger partial charge in [-0.15, -0.1) is 0 Å². The molecule has 7 aromatic carbocycles. The predicted octanol–water partition coefficient (Wildman–Crippen LogP) is 16.9. The molecule has 0 bridgehead atoms. The number of phenolic OH excluding ortho intramolecular Hbond substituents is 1. The Labute approximate surface area is 402 Å². The number of hydrogen-bond acceptors (Lipinski definition) is 3. The summed E-state index contributed by atoms with van der Waals surface area (Å²) in [4.78, 5) is 10.5.